The molecular weight excluding hydrogens is 406 g/mol. The van der Waals surface area contributed by atoms with E-state index in [0.29, 0.717) is 31.7 Å². The number of aromatic nitrogens is 4. The zero-order valence-corrected chi connectivity index (χ0v) is 19.0. The van der Waals surface area contributed by atoms with Crippen LogP contribution in [0.25, 0.3) is 16.6 Å². The molecule has 1 saturated heterocycles. The lowest BCUT2D eigenvalue weighted by Gasteiger charge is -2.35. The first kappa shape index (κ1) is 21.3. The van der Waals surface area contributed by atoms with Gasteiger partial charge in [0.25, 0.3) is 0 Å². The second-order valence-corrected chi connectivity index (χ2v) is 8.93. The molecule has 8 heteroatoms. The van der Waals surface area contributed by atoms with Crippen molar-refractivity contribution in [2.45, 2.75) is 57.3 Å². The van der Waals surface area contributed by atoms with Gasteiger partial charge in [-0.3, -0.25) is 4.98 Å². The third-order valence-electron chi connectivity index (χ3n) is 6.52. The van der Waals surface area contributed by atoms with Crippen molar-refractivity contribution in [3.63, 3.8) is 0 Å². The Morgan fingerprint density at radius 3 is 2.72 bits per heavy atom. The monoisotopic (exact) mass is 437 g/mol. The molecule has 5 rings (SSSR count). The van der Waals surface area contributed by atoms with Crippen molar-refractivity contribution < 1.29 is 14.2 Å². The first-order valence-electron chi connectivity index (χ1n) is 11.4. The number of anilines is 1. The molecule has 1 aliphatic carbocycles. The summed E-state index contributed by atoms with van der Waals surface area (Å²) in [4.78, 5) is 8.96. The van der Waals surface area contributed by atoms with E-state index in [1.54, 1.807) is 7.11 Å². The Balaban J connectivity index is 1.52. The smallest absolute Gasteiger partial charge is 0.241 e. The molecule has 4 heterocycles. The third-order valence-corrected chi connectivity index (χ3v) is 6.52. The van der Waals surface area contributed by atoms with Gasteiger partial charge >= 0.3 is 0 Å². The molecular formula is C24H31N5O3. The van der Waals surface area contributed by atoms with Crippen LogP contribution in [0, 0.1) is 6.92 Å². The van der Waals surface area contributed by atoms with Gasteiger partial charge in [0, 0.05) is 55.1 Å². The Hall–Kier alpha value is -2.55. The highest BCUT2D eigenvalue weighted by Gasteiger charge is 2.41. The van der Waals surface area contributed by atoms with Crippen molar-refractivity contribution in [3.8, 4) is 11.1 Å². The fraction of sp³-hybridized carbons (Fsp3) is 0.542. The minimum absolute atomic E-state index is 0.116. The van der Waals surface area contributed by atoms with Gasteiger partial charge < -0.3 is 19.5 Å². The maximum atomic E-state index is 5.94. The summed E-state index contributed by atoms with van der Waals surface area (Å²) in [5.41, 5.74) is 5.47. The number of nitrogens with zero attached hydrogens (tertiary/aromatic N) is 4. The zero-order chi connectivity index (χ0) is 22.1. The molecule has 0 radical (unpaired) electrons. The van der Waals surface area contributed by atoms with Gasteiger partial charge in [-0.2, -0.15) is 0 Å². The lowest BCUT2D eigenvalue weighted by atomic mass is 9.83. The lowest BCUT2D eigenvalue weighted by Crippen LogP contribution is -2.34. The van der Waals surface area contributed by atoms with E-state index in [0.717, 1.165) is 48.0 Å². The summed E-state index contributed by atoms with van der Waals surface area (Å²) in [7, 11) is 1.70. The number of ether oxygens (including phenoxy) is 3. The largest absolute Gasteiger partial charge is 0.383 e. The van der Waals surface area contributed by atoms with Gasteiger partial charge in [-0.1, -0.05) is 0 Å². The van der Waals surface area contributed by atoms with E-state index in [-0.39, 0.29) is 11.8 Å². The molecule has 0 aromatic carbocycles. The summed E-state index contributed by atoms with van der Waals surface area (Å²) in [6.07, 6.45) is 7.61. The standard InChI is InChI=1S/C24H31N5O3/c1-16-12-19(6-9-25-16)20-13-21(18-4-7-24(8-5-18)31-10-11-32-24)29-22(20)14-26-23(28-29)27-17(2)15-30-3/h6,9,12-14,17-18H,4-5,7-8,10-11,15H2,1-3H3,(H,27,28). The Kier molecular flexibility index (Phi) is 5.84. The van der Waals surface area contributed by atoms with Crippen LogP contribution in [0.15, 0.2) is 30.6 Å². The van der Waals surface area contributed by atoms with Gasteiger partial charge in [0.05, 0.1) is 31.5 Å². The van der Waals surface area contributed by atoms with Crippen LogP contribution < -0.4 is 5.32 Å². The highest BCUT2D eigenvalue weighted by atomic mass is 16.7. The molecule has 32 heavy (non-hydrogen) atoms. The molecule has 0 amide bonds. The average molecular weight is 438 g/mol. The van der Waals surface area contributed by atoms with Crippen LogP contribution in [-0.4, -0.2) is 58.3 Å². The van der Waals surface area contributed by atoms with Crippen LogP contribution in [0.2, 0.25) is 0 Å². The first-order valence-corrected chi connectivity index (χ1v) is 11.4. The predicted octanol–water partition coefficient (Wildman–Crippen LogP) is 3.95. The summed E-state index contributed by atoms with van der Waals surface area (Å²) >= 11 is 0. The minimum atomic E-state index is -0.369. The summed E-state index contributed by atoms with van der Waals surface area (Å²) in [5.74, 6) is 0.620. The van der Waals surface area contributed by atoms with E-state index in [1.807, 2.05) is 19.3 Å². The SMILES string of the molecule is COCC(C)Nc1ncc2c(-c3ccnc(C)c3)cc(C3CCC4(CC3)OCCO4)n2n1. The van der Waals surface area contributed by atoms with Gasteiger partial charge in [-0.05, 0) is 50.5 Å². The third kappa shape index (κ3) is 4.10. The summed E-state index contributed by atoms with van der Waals surface area (Å²) in [6.45, 7) is 6.06. The highest BCUT2D eigenvalue weighted by molar-refractivity contribution is 5.81. The molecule has 2 fully saturated rings. The molecule has 170 valence electrons. The molecule has 1 aliphatic heterocycles. The van der Waals surface area contributed by atoms with E-state index in [2.05, 4.69) is 44.9 Å². The van der Waals surface area contributed by atoms with Crippen LogP contribution in [0.3, 0.4) is 0 Å². The van der Waals surface area contributed by atoms with Crippen molar-refractivity contribution in [2.75, 3.05) is 32.2 Å². The zero-order valence-electron chi connectivity index (χ0n) is 19.0. The van der Waals surface area contributed by atoms with Crippen LogP contribution in [0.4, 0.5) is 5.95 Å². The summed E-state index contributed by atoms with van der Waals surface area (Å²) in [6, 6.07) is 6.56. The fourth-order valence-corrected chi connectivity index (χ4v) is 4.97. The van der Waals surface area contributed by atoms with Crippen molar-refractivity contribution in [3.05, 3.63) is 42.0 Å². The van der Waals surface area contributed by atoms with E-state index >= 15 is 0 Å². The van der Waals surface area contributed by atoms with Crippen LogP contribution in [0.5, 0.6) is 0 Å². The molecule has 1 saturated carbocycles. The Labute approximate surface area is 188 Å². The first-order chi connectivity index (χ1) is 15.6. The molecule has 8 nitrogen and oxygen atoms in total. The van der Waals surface area contributed by atoms with E-state index < -0.39 is 0 Å². The van der Waals surface area contributed by atoms with Crippen molar-refractivity contribution in [2.24, 2.45) is 0 Å². The van der Waals surface area contributed by atoms with Crippen LogP contribution in [-0.2, 0) is 14.2 Å². The second-order valence-electron chi connectivity index (χ2n) is 8.93. The Morgan fingerprint density at radius 1 is 1.22 bits per heavy atom. The quantitative estimate of drug-likeness (QED) is 0.625. The summed E-state index contributed by atoms with van der Waals surface area (Å²) in [5, 5.41) is 8.24. The number of nitrogens with one attached hydrogen (secondary N) is 1. The molecule has 3 aromatic heterocycles. The number of methoxy groups -OCH3 is 1. The molecule has 2 aliphatic rings. The number of rotatable bonds is 6. The van der Waals surface area contributed by atoms with E-state index in [9.17, 15) is 0 Å². The Bertz CT molecular complexity index is 1080. The van der Waals surface area contributed by atoms with Crippen molar-refractivity contribution >= 4 is 11.5 Å². The summed E-state index contributed by atoms with van der Waals surface area (Å²) < 4.78 is 19.2. The lowest BCUT2D eigenvalue weighted by molar-refractivity contribution is -0.179. The van der Waals surface area contributed by atoms with Crippen LogP contribution in [0.1, 0.15) is 49.9 Å². The van der Waals surface area contributed by atoms with Gasteiger partial charge in [-0.25, -0.2) is 9.50 Å². The maximum Gasteiger partial charge on any atom is 0.241 e. The highest BCUT2D eigenvalue weighted by Crippen LogP contribution is 2.43. The molecule has 1 N–H and O–H groups in total. The molecule has 1 atom stereocenters. The number of hydrogen-bond donors (Lipinski definition) is 1. The average Bonchev–Trinajstić information content (AvgIpc) is 3.39. The maximum absolute atomic E-state index is 5.94. The van der Waals surface area contributed by atoms with Gasteiger partial charge in [0.15, 0.2) is 5.79 Å². The minimum Gasteiger partial charge on any atom is -0.383 e. The molecule has 0 bridgehead atoms. The van der Waals surface area contributed by atoms with Gasteiger partial charge in [-0.15, -0.1) is 5.10 Å². The van der Waals surface area contributed by atoms with E-state index in [4.69, 9.17) is 19.3 Å². The van der Waals surface area contributed by atoms with E-state index in [1.165, 1.54) is 5.69 Å². The number of pyridine rings is 1. The van der Waals surface area contributed by atoms with Crippen molar-refractivity contribution in [1.29, 1.82) is 0 Å². The number of fused-ring (bicyclic) bond motifs is 1. The normalized spacial score (nSPS) is 19.6. The predicted molar refractivity (Wildman–Crippen MR) is 122 cm³/mol. The molecule has 3 aromatic rings. The molecule has 1 spiro atoms. The van der Waals surface area contributed by atoms with Gasteiger partial charge in [0.2, 0.25) is 5.95 Å². The number of aryl methyl sites for hydroxylation is 1. The Morgan fingerprint density at radius 2 is 2.00 bits per heavy atom. The second kappa shape index (κ2) is 8.77. The van der Waals surface area contributed by atoms with Crippen molar-refractivity contribution in [1.82, 2.24) is 19.6 Å². The molecule has 1 unspecified atom stereocenters. The van der Waals surface area contributed by atoms with Gasteiger partial charge in [0.1, 0.15) is 0 Å². The number of hydrogen-bond acceptors (Lipinski definition) is 7. The van der Waals surface area contributed by atoms with Crippen LogP contribution >= 0.6 is 0 Å². The topological polar surface area (TPSA) is 82.8 Å². The fourth-order valence-electron chi connectivity index (χ4n) is 4.97.